The third kappa shape index (κ3) is 2.61. The van der Waals surface area contributed by atoms with Crippen molar-refractivity contribution in [1.29, 1.82) is 0 Å². The van der Waals surface area contributed by atoms with Gasteiger partial charge >= 0.3 is 6.03 Å². The number of hydrogen-bond acceptors (Lipinski definition) is 2. The van der Waals surface area contributed by atoms with Gasteiger partial charge in [0.1, 0.15) is 0 Å². The number of aromatic nitrogens is 2. The Morgan fingerprint density at radius 1 is 1.35 bits per heavy atom. The summed E-state index contributed by atoms with van der Waals surface area (Å²) >= 11 is 0. The van der Waals surface area contributed by atoms with Crippen molar-refractivity contribution in [3.8, 4) is 0 Å². The number of amides is 2. The Labute approximate surface area is 118 Å². The Kier molecular flexibility index (Phi) is 3.58. The molecule has 3 rings (SSSR count). The highest BCUT2D eigenvalue weighted by atomic mass is 16.2. The van der Waals surface area contributed by atoms with Crippen molar-refractivity contribution < 1.29 is 4.79 Å². The van der Waals surface area contributed by atoms with E-state index < -0.39 is 0 Å². The van der Waals surface area contributed by atoms with Crippen molar-refractivity contribution in [2.45, 2.75) is 38.1 Å². The van der Waals surface area contributed by atoms with Crippen LogP contribution in [-0.2, 0) is 0 Å². The van der Waals surface area contributed by atoms with Crippen molar-refractivity contribution in [3.05, 3.63) is 24.5 Å². The van der Waals surface area contributed by atoms with Crippen LogP contribution in [0.25, 0.3) is 11.0 Å². The molecule has 2 aromatic rings. The Hall–Kier alpha value is -2.04. The second-order valence-electron chi connectivity index (χ2n) is 5.47. The number of carbonyl (C=O) groups is 1. The third-order valence-corrected chi connectivity index (χ3v) is 4.11. The van der Waals surface area contributed by atoms with Crippen LogP contribution in [0.5, 0.6) is 0 Å². The lowest BCUT2D eigenvalue weighted by Gasteiger charge is -2.31. The zero-order valence-electron chi connectivity index (χ0n) is 11.7. The molecule has 5 heteroatoms. The molecule has 106 valence electrons. The Bertz CT molecular complexity index is 601. The second kappa shape index (κ2) is 5.53. The van der Waals surface area contributed by atoms with Crippen molar-refractivity contribution in [2.24, 2.45) is 0 Å². The monoisotopic (exact) mass is 272 g/mol. The average molecular weight is 272 g/mol. The number of imidazole rings is 1. The molecule has 1 aromatic carbocycles. The van der Waals surface area contributed by atoms with Crippen LogP contribution < -0.4 is 5.32 Å². The van der Waals surface area contributed by atoms with Gasteiger partial charge in [0.15, 0.2) is 0 Å². The number of rotatable bonds is 2. The fourth-order valence-electron chi connectivity index (χ4n) is 2.86. The first-order chi connectivity index (χ1) is 9.74. The molecule has 0 radical (unpaired) electrons. The van der Waals surface area contributed by atoms with Gasteiger partial charge in [-0.05, 0) is 31.0 Å². The standard InChI is InChI=1S/C15H20N4O/c1-19(12-5-3-2-4-6-12)15(20)18-11-7-8-13-14(9-11)17-10-16-13/h7-10,12H,2-6H2,1H3,(H,16,17)(H,18,20). The minimum absolute atomic E-state index is 0.0317. The molecule has 0 atom stereocenters. The Morgan fingerprint density at radius 2 is 2.15 bits per heavy atom. The highest BCUT2D eigenvalue weighted by Crippen LogP contribution is 2.22. The van der Waals surface area contributed by atoms with E-state index in [0.717, 1.165) is 29.6 Å². The molecule has 1 aliphatic rings. The predicted molar refractivity (Wildman–Crippen MR) is 79.7 cm³/mol. The molecule has 2 amide bonds. The topological polar surface area (TPSA) is 61.0 Å². The number of urea groups is 1. The molecule has 1 aromatic heterocycles. The minimum atomic E-state index is -0.0317. The van der Waals surface area contributed by atoms with Gasteiger partial charge in [-0.15, -0.1) is 0 Å². The normalized spacial score (nSPS) is 16.2. The summed E-state index contributed by atoms with van der Waals surface area (Å²) in [6.07, 6.45) is 7.63. The molecular formula is C15H20N4O. The minimum Gasteiger partial charge on any atom is -0.345 e. The summed E-state index contributed by atoms with van der Waals surface area (Å²) in [7, 11) is 1.89. The number of benzene rings is 1. The summed E-state index contributed by atoms with van der Waals surface area (Å²) in [5, 5.41) is 2.96. The summed E-state index contributed by atoms with van der Waals surface area (Å²) in [6, 6.07) is 6.04. The van der Waals surface area contributed by atoms with E-state index in [9.17, 15) is 4.79 Å². The first-order valence-electron chi connectivity index (χ1n) is 7.21. The first-order valence-corrected chi connectivity index (χ1v) is 7.21. The molecule has 0 bridgehead atoms. The summed E-state index contributed by atoms with van der Waals surface area (Å²) in [5.41, 5.74) is 2.64. The molecule has 1 heterocycles. The van der Waals surface area contributed by atoms with Crippen LogP contribution in [0.15, 0.2) is 24.5 Å². The Balaban J connectivity index is 1.67. The molecule has 0 saturated heterocycles. The van der Waals surface area contributed by atoms with E-state index in [1.54, 1.807) is 6.33 Å². The third-order valence-electron chi connectivity index (χ3n) is 4.11. The number of H-pyrrole nitrogens is 1. The van der Waals surface area contributed by atoms with Crippen LogP contribution in [-0.4, -0.2) is 34.0 Å². The van der Waals surface area contributed by atoms with Crippen LogP contribution in [0, 0.1) is 0 Å². The molecule has 1 aliphatic carbocycles. The Morgan fingerprint density at radius 3 is 2.95 bits per heavy atom. The fraction of sp³-hybridized carbons (Fsp3) is 0.467. The lowest BCUT2D eigenvalue weighted by atomic mass is 9.95. The van der Waals surface area contributed by atoms with E-state index in [0.29, 0.717) is 6.04 Å². The van der Waals surface area contributed by atoms with E-state index in [-0.39, 0.29) is 6.03 Å². The molecule has 5 nitrogen and oxygen atoms in total. The first kappa shape index (κ1) is 13.0. The maximum Gasteiger partial charge on any atom is 0.321 e. The highest BCUT2D eigenvalue weighted by molar-refractivity contribution is 5.91. The molecule has 1 fully saturated rings. The predicted octanol–water partition coefficient (Wildman–Crippen LogP) is 3.36. The van der Waals surface area contributed by atoms with Crippen LogP contribution in [0.2, 0.25) is 0 Å². The van der Waals surface area contributed by atoms with Gasteiger partial charge in [0.25, 0.3) is 0 Å². The number of carbonyl (C=O) groups excluding carboxylic acids is 1. The van der Waals surface area contributed by atoms with Gasteiger partial charge in [-0.1, -0.05) is 19.3 Å². The summed E-state index contributed by atoms with van der Waals surface area (Å²) in [5.74, 6) is 0. The van der Waals surface area contributed by atoms with Crippen molar-refractivity contribution >= 4 is 22.8 Å². The average Bonchev–Trinajstić information content (AvgIpc) is 2.95. The van der Waals surface area contributed by atoms with Crippen molar-refractivity contribution in [3.63, 3.8) is 0 Å². The van der Waals surface area contributed by atoms with E-state index >= 15 is 0 Å². The fourth-order valence-corrected chi connectivity index (χ4v) is 2.86. The van der Waals surface area contributed by atoms with Crippen LogP contribution >= 0.6 is 0 Å². The molecule has 1 saturated carbocycles. The number of nitrogens with one attached hydrogen (secondary N) is 2. The molecule has 0 unspecified atom stereocenters. The van der Waals surface area contributed by atoms with Gasteiger partial charge in [0.2, 0.25) is 0 Å². The molecular weight excluding hydrogens is 252 g/mol. The van der Waals surface area contributed by atoms with E-state index in [1.165, 1.54) is 19.3 Å². The maximum atomic E-state index is 12.3. The number of anilines is 1. The summed E-state index contributed by atoms with van der Waals surface area (Å²) < 4.78 is 0. The molecule has 0 aliphatic heterocycles. The van der Waals surface area contributed by atoms with Gasteiger partial charge in [-0.2, -0.15) is 0 Å². The number of hydrogen-bond donors (Lipinski definition) is 2. The molecule has 20 heavy (non-hydrogen) atoms. The zero-order valence-corrected chi connectivity index (χ0v) is 11.7. The SMILES string of the molecule is CN(C(=O)Nc1ccc2nc[nH]c2c1)C1CCCCC1. The second-order valence-corrected chi connectivity index (χ2v) is 5.47. The van der Waals surface area contributed by atoms with Gasteiger partial charge in [0.05, 0.1) is 17.4 Å². The van der Waals surface area contributed by atoms with Gasteiger partial charge in [-0.3, -0.25) is 0 Å². The largest absolute Gasteiger partial charge is 0.345 e. The van der Waals surface area contributed by atoms with Gasteiger partial charge < -0.3 is 15.2 Å². The van der Waals surface area contributed by atoms with Crippen LogP contribution in [0.1, 0.15) is 32.1 Å². The van der Waals surface area contributed by atoms with Crippen molar-refractivity contribution in [1.82, 2.24) is 14.9 Å². The maximum absolute atomic E-state index is 12.3. The van der Waals surface area contributed by atoms with E-state index in [2.05, 4.69) is 15.3 Å². The summed E-state index contributed by atoms with van der Waals surface area (Å²) in [4.78, 5) is 21.3. The molecule has 2 N–H and O–H groups in total. The van der Waals surface area contributed by atoms with Crippen LogP contribution in [0.3, 0.4) is 0 Å². The van der Waals surface area contributed by atoms with Gasteiger partial charge in [0, 0.05) is 18.8 Å². The number of nitrogens with zero attached hydrogens (tertiary/aromatic N) is 2. The molecule has 0 spiro atoms. The van der Waals surface area contributed by atoms with E-state index in [4.69, 9.17) is 0 Å². The smallest absolute Gasteiger partial charge is 0.321 e. The number of aromatic amines is 1. The number of fused-ring (bicyclic) bond motifs is 1. The van der Waals surface area contributed by atoms with Gasteiger partial charge in [-0.25, -0.2) is 9.78 Å². The van der Waals surface area contributed by atoms with Crippen LogP contribution in [0.4, 0.5) is 10.5 Å². The van der Waals surface area contributed by atoms with Crippen molar-refractivity contribution in [2.75, 3.05) is 12.4 Å². The zero-order chi connectivity index (χ0) is 13.9. The summed E-state index contributed by atoms with van der Waals surface area (Å²) in [6.45, 7) is 0. The highest BCUT2D eigenvalue weighted by Gasteiger charge is 2.21. The quantitative estimate of drug-likeness (QED) is 0.880. The lowest BCUT2D eigenvalue weighted by Crippen LogP contribution is -2.40. The van der Waals surface area contributed by atoms with E-state index in [1.807, 2.05) is 30.1 Å². The lowest BCUT2D eigenvalue weighted by molar-refractivity contribution is 0.186.